The Hall–Kier alpha value is -1.87. The zero-order valence-corrected chi connectivity index (χ0v) is 16.3. The molecule has 1 aliphatic rings. The highest BCUT2D eigenvalue weighted by Gasteiger charge is 2.19. The Bertz CT molecular complexity index is 993. The highest BCUT2D eigenvalue weighted by molar-refractivity contribution is 7.89. The average molecular weight is 408 g/mol. The molecule has 0 spiro atoms. The summed E-state index contributed by atoms with van der Waals surface area (Å²) in [6, 6.07) is 8.78. The lowest BCUT2D eigenvalue weighted by atomic mass is 10.2. The molecular formula is C18H17NO4S3. The Labute approximate surface area is 160 Å². The van der Waals surface area contributed by atoms with Gasteiger partial charge in [0.2, 0.25) is 10.0 Å². The van der Waals surface area contributed by atoms with E-state index in [9.17, 15) is 8.42 Å². The second kappa shape index (κ2) is 7.40. The molecule has 1 aliphatic heterocycles. The third-order valence-electron chi connectivity index (χ3n) is 3.97. The lowest BCUT2D eigenvalue weighted by molar-refractivity contribution is 0.297. The van der Waals surface area contributed by atoms with Crippen LogP contribution in [-0.4, -0.2) is 21.6 Å². The molecule has 3 aromatic rings. The van der Waals surface area contributed by atoms with Gasteiger partial charge in [-0.05, 0) is 51.5 Å². The summed E-state index contributed by atoms with van der Waals surface area (Å²) in [6.07, 6.45) is 0.778. The van der Waals surface area contributed by atoms with Crippen molar-refractivity contribution in [2.45, 2.75) is 17.9 Å². The van der Waals surface area contributed by atoms with Crippen LogP contribution in [0.4, 0.5) is 0 Å². The highest BCUT2D eigenvalue weighted by atomic mass is 32.2. The second-order valence-electron chi connectivity index (χ2n) is 5.80. The summed E-state index contributed by atoms with van der Waals surface area (Å²) in [5.41, 5.74) is 2.27. The van der Waals surface area contributed by atoms with Crippen molar-refractivity contribution in [3.8, 4) is 22.6 Å². The van der Waals surface area contributed by atoms with Crippen molar-refractivity contribution in [1.29, 1.82) is 0 Å². The van der Waals surface area contributed by atoms with Crippen LogP contribution in [0.25, 0.3) is 11.1 Å². The van der Waals surface area contributed by atoms with E-state index in [1.54, 1.807) is 34.8 Å². The molecule has 0 saturated carbocycles. The van der Waals surface area contributed by atoms with E-state index in [1.807, 2.05) is 16.8 Å². The molecule has 1 N–H and O–H groups in total. The zero-order chi connectivity index (χ0) is 18.0. The fourth-order valence-corrected chi connectivity index (χ4v) is 5.22. The van der Waals surface area contributed by atoms with Gasteiger partial charge in [0.1, 0.15) is 0 Å². The summed E-state index contributed by atoms with van der Waals surface area (Å²) in [4.78, 5) is 1.14. The highest BCUT2D eigenvalue weighted by Crippen LogP contribution is 2.32. The molecule has 1 aromatic carbocycles. The predicted molar refractivity (Wildman–Crippen MR) is 104 cm³/mol. The fraction of sp³-hybridized carbons (Fsp3) is 0.222. The van der Waals surface area contributed by atoms with E-state index >= 15 is 0 Å². The van der Waals surface area contributed by atoms with Crippen LogP contribution in [0.1, 0.15) is 11.3 Å². The predicted octanol–water partition coefficient (Wildman–Crippen LogP) is 4.12. The first-order valence-corrected chi connectivity index (χ1v) is 11.4. The molecule has 0 unspecified atom stereocenters. The maximum absolute atomic E-state index is 12.6. The number of rotatable bonds is 5. The summed E-state index contributed by atoms with van der Waals surface area (Å²) >= 11 is 3.18. The molecule has 4 rings (SSSR count). The van der Waals surface area contributed by atoms with Crippen molar-refractivity contribution < 1.29 is 17.9 Å². The Morgan fingerprint density at radius 2 is 1.85 bits per heavy atom. The summed E-state index contributed by atoms with van der Waals surface area (Å²) < 4.78 is 39.0. The van der Waals surface area contributed by atoms with E-state index in [0.29, 0.717) is 24.7 Å². The monoisotopic (exact) mass is 407 g/mol. The molecule has 5 nitrogen and oxygen atoms in total. The lowest BCUT2D eigenvalue weighted by Crippen LogP contribution is -2.22. The Kier molecular flexibility index (Phi) is 4.99. The molecule has 26 heavy (non-hydrogen) atoms. The van der Waals surface area contributed by atoms with Gasteiger partial charge < -0.3 is 9.47 Å². The molecule has 2 aromatic heterocycles. The summed E-state index contributed by atoms with van der Waals surface area (Å²) in [6.45, 7) is 1.35. The van der Waals surface area contributed by atoms with Crippen LogP contribution in [0.15, 0.2) is 51.4 Å². The van der Waals surface area contributed by atoms with Crippen molar-refractivity contribution in [3.05, 3.63) is 51.3 Å². The van der Waals surface area contributed by atoms with Crippen molar-refractivity contribution in [2.24, 2.45) is 0 Å². The lowest BCUT2D eigenvalue weighted by Gasteiger charge is -2.10. The molecule has 3 heterocycles. The van der Waals surface area contributed by atoms with Gasteiger partial charge in [-0.3, -0.25) is 0 Å². The number of benzene rings is 1. The molecule has 0 bridgehead atoms. The largest absolute Gasteiger partial charge is 0.490 e. The van der Waals surface area contributed by atoms with E-state index in [2.05, 4.69) is 16.2 Å². The minimum Gasteiger partial charge on any atom is -0.490 e. The topological polar surface area (TPSA) is 64.6 Å². The van der Waals surface area contributed by atoms with Crippen LogP contribution >= 0.6 is 22.7 Å². The molecule has 0 fully saturated rings. The van der Waals surface area contributed by atoms with Crippen LogP contribution in [0, 0.1) is 0 Å². The van der Waals surface area contributed by atoms with Crippen molar-refractivity contribution in [1.82, 2.24) is 4.72 Å². The van der Waals surface area contributed by atoms with E-state index in [-0.39, 0.29) is 11.4 Å². The van der Waals surface area contributed by atoms with Crippen molar-refractivity contribution in [3.63, 3.8) is 0 Å². The van der Waals surface area contributed by atoms with E-state index in [1.165, 1.54) is 6.07 Å². The van der Waals surface area contributed by atoms with Gasteiger partial charge in [0.05, 0.1) is 18.1 Å². The maximum Gasteiger partial charge on any atom is 0.241 e. The number of thiophene rings is 2. The number of sulfonamides is 1. The van der Waals surface area contributed by atoms with Gasteiger partial charge in [-0.1, -0.05) is 0 Å². The van der Waals surface area contributed by atoms with Crippen LogP contribution < -0.4 is 14.2 Å². The number of hydrogen-bond donors (Lipinski definition) is 1. The van der Waals surface area contributed by atoms with E-state index < -0.39 is 10.0 Å². The second-order valence-corrected chi connectivity index (χ2v) is 9.34. The number of fused-ring (bicyclic) bond motifs is 1. The minimum atomic E-state index is -3.63. The van der Waals surface area contributed by atoms with Crippen LogP contribution in [-0.2, 0) is 16.6 Å². The first-order chi connectivity index (χ1) is 12.6. The molecule has 0 saturated heterocycles. The first-order valence-electron chi connectivity index (χ1n) is 8.11. The maximum atomic E-state index is 12.6. The molecule has 0 radical (unpaired) electrons. The molecule has 0 amide bonds. The third-order valence-corrected chi connectivity index (χ3v) is 6.99. The molecule has 0 atom stereocenters. The SMILES string of the molecule is O=S(=O)(NCc1cc(-c2ccsc2)cs1)c1ccc2c(c1)OCCCO2. The van der Waals surface area contributed by atoms with Gasteiger partial charge in [-0.25, -0.2) is 13.1 Å². The van der Waals surface area contributed by atoms with Gasteiger partial charge >= 0.3 is 0 Å². The molecule has 136 valence electrons. The normalized spacial score (nSPS) is 14.2. The Balaban J connectivity index is 1.48. The zero-order valence-electron chi connectivity index (χ0n) is 13.8. The minimum absolute atomic E-state index is 0.177. The smallest absolute Gasteiger partial charge is 0.241 e. The quantitative estimate of drug-likeness (QED) is 0.691. The molecular weight excluding hydrogens is 390 g/mol. The van der Waals surface area contributed by atoms with Crippen LogP contribution in [0.5, 0.6) is 11.5 Å². The van der Waals surface area contributed by atoms with Gasteiger partial charge in [-0.2, -0.15) is 11.3 Å². The summed E-state index contributed by atoms with van der Waals surface area (Å²) in [7, 11) is -3.63. The standard InChI is InChI=1S/C18H17NO4S3/c20-26(21,16-2-3-17-18(9-16)23-6-1-5-22-17)19-10-15-8-14(12-25-15)13-4-7-24-11-13/h2-4,7-9,11-12,19H,1,5-6,10H2. The summed E-state index contributed by atoms with van der Waals surface area (Å²) in [5.74, 6) is 1.06. The van der Waals surface area contributed by atoms with Crippen molar-refractivity contribution >= 4 is 32.7 Å². The van der Waals surface area contributed by atoms with E-state index in [0.717, 1.165) is 22.4 Å². The number of nitrogens with one attached hydrogen (secondary N) is 1. The number of ether oxygens (including phenoxy) is 2. The number of hydrogen-bond acceptors (Lipinski definition) is 6. The first kappa shape index (κ1) is 17.5. The van der Waals surface area contributed by atoms with E-state index in [4.69, 9.17) is 9.47 Å². The van der Waals surface area contributed by atoms with Crippen LogP contribution in [0.3, 0.4) is 0 Å². The molecule has 0 aliphatic carbocycles. The van der Waals surface area contributed by atoms with Crippen LogP contribution in [0.2, 0.25) is 0 Å². The third kappa shape index (κ3) is 3.78. The van der Waals surface area contributed by atoms with Gasteiger partial charge in [0.25, 0.3) is 0 Å². The Morgan fingerprint density at radius 1 is 1.00 bits per heavy atom. The van der Waals surface area contributed by atoms with Gasteiger partial charge in [0, 0.05) is 23.9 Å². The molecule has 8 heteroatoms. The fourth-order valence-electron chi connectivity index (χ4n) is 2.61. The average Bonchev–Trinajstić information content (AvgIpc) is 3.27. The summed E-state index contributed by atoms with van der Waals surface area (Å²) in [5, 5.41) is 6.15. The van der Waals surface area contributed by atoms with Crippen molar-refractivity contribution in [2.75, 3.05) is 13.2 Å². The van der Waals surface area contributed by atoms with Gasteiger partial charge in [0.15, 0.2) is 11.5 Å². The Morgan fingerprint density at radius 3 is 2.65 bits per heavy atom. The van der Waals surface area contributed by atoms with Gasteiger partial charge in [-0.15, -0.1) is 11.3 Å².